The van der Waals surface area contributed by atoms with E-state index >= 15 is 0 Å². The van der Waals surface area contributed by atoms with Gasteiger partial charge < -0.3 is 19.0 Å². The van der Waals surface area contributed by atoms with E-state index in [1.54, 1.807) is 20.8 Å². The first-order valence-corrected chi connectivity index (χ1v) is 11.4. The van der Waals surface area contributed by atoms with Crippen LogP contribution < -0.4 is 0 Å². The molecular formula is C25H44O7. The lowest BCUT2D eigenvalue weighted by Gasteiger charge is -2.28. The molecule has 0 saturated carbocycles. The van der Waals surface area contributed by atoms with E-state index in [2.05, 4.69) is 0 Å². The molecule has 0 aromatic heterocycles. The molecular weight excluding hydrogens is 412 g/mol. The lowest BCUT2D eigenvalue weighted by molar-refractivity contribution is -0.158. The van der Waals surface area contributed by atoms with Crippen LogP contribution in [0.2, 0.25) is 0 Å². The number of hydrogen-bond donors (Lipinski definition) is 0. The molecule has 0 unspecified atom stereocenters. The second-order valence-corrected chi connectivity index (χ2v) is 11.2. The molecule has 0 aromatic carbocycles. The van der Waals surface area contributed by atoms with Crippen LogP contribution in [0, 0.1) is 21.7 Å². The van der Waals surface area contributed by atoms with Crippen LogP contribution in [0.4, 0.5) is 0 Å². The Labute approximate surface area is 193 Å². The molecule has 0 amide bonds. The van der Waals surface area contributed by atoms with Crippen molar-refractivity contribution in [3.63, 3.8) is 0 Å². The summed E-state index contributed by atoms with van der Waals surface area (Å²) < 4.78 is 16.0. The molecule has 7 heteroatoms. The normalized spacial score (nSPS) is 12.9. The molecule has 0 aromatic rings. The summed E-state index contributed by atoms with van der Waals surface area (Å²) in [5, 5.41) is 0. The Balaban J connectivity index is 4.14. The van der Waals surface area contributed by atoms with E-state index in [0.717, 1.165) is 6.29 Å². The van der Waals surface area contributed by atoms with Gasteiger partial charge in [-0.15, -0.1) is 0 Å². The van der Waals surface area contributed by atoms with Crippen molar-refractivity contribution in [2.45, 2.75) is 88.0 Å². The maximum atomic E-state index is 12.3. The van der Waals surface area contributed by atoms with Crippen LogP contribution in [0.25, 0.3) is 0 Å². The summed E-state index contributed by atoms with van der Waals surface area (Å²) in [5.41, 5.74) is -2.29. The first kappa shape index (κ1) is 30.2. The van der Waals surface area contributed by atoms with Crippen LogP contribution in [0.5, 0.6) is 0 Å². The average Bonchev–Trinajstić information content (AvgIpc) is 2.69. The summed E-state index contributed by atoms with van der Waals surface area (Å²) >= 11 is 0. The molecule has 0 aliphatic carbocycles. The first-order valence-electron chi connectivity index (χ1n) is 11.4. The van der Waals surface area contributed by atoms with Gasteiger partial charge in [0, 0.05) is 10.8 Å². The summed E-state index contributed by atoms with van der Waals surface area (Å²) in [4.78, 5) is 47.3. The topological polar surface area (TPSA) is 96.0 Å². The molecule has 0 atom stereocenters. The minimum Gasteiger partial charge on any atom is -0.463 e. The Bertz CT molecular complexity index is 645. The maximum Gasteiger partial charge on any atom is 0.311 e. The lowest BCUT2D eigenvalue weighted by Crippen LogP contribution is -2.31. The second-order valence-electron chi connectivity index (χ2n) is 11.2. The van der Waals surface area contributed by atoms with Crippen LogP contribution >= 0.6 is 0 Å². The molecule has 7 nitrogen and oxygen atoms in total. The zero-order valence-electron chi connectivity index (χ0n) is 21.6. The molecule has 0 aliphatic heterocycles. The van der Waals surface area contributed by atoms with E-state index in [0.29, 0.717) is 25.7 Å². The monoisotopic (exact) mass is 456 g/mol. The Kier molecular flexibility index (Phi) is 11.8. The molecule has 0 spiro atoms. The fraction of sp³-hybridized carbons (Fsp3) is 0.840. The number of carbonyl (C=O) groups excluding carboxylic acids is 4. The van der Waals surface area contributed by atoms with Crippen LogP contribution in [-0.2, 0) is 33.4 Å². The lowest BCUT2D eigenvalue weighted by atomic mass is 9.77. The zero-order chi connectivity index (χ0) is 25.2. The minimum atomic E-state index is -0.688. The number of esters is 2. The predicted octanol–water partition coefficient (Wildman–Crippen LogP) is 4.54. The van der Waals surface area contributed by atoms with Gasteiger partial charge in [-0.05, 0) is 60.3 Å². The van der Waals surface area contributed by atoms with Crippen LogP contribution in [-0.4, -0.2) is 50.4 Å². The second kappa shape index (κ2) is 12.5. The number of aldehydes is 1. The fourth-order valence-corrected chi connectivity index (χ4v) is 2.58. The molecule has 0 radical (unpaired) electrons. The number of rotatable bonds is 16. The van der Waals surface area contributed by atoms with Gasteiger partial charge in [-0.3, -0.25) is 14.4 Å². The van der Waals surface area contributed by atoms with Crippen LogP contribution in [0.15, 0.2) is 0 Å². The largest absolute Gasteiger partial charge is 0.463 e. The van der Waals surface area contributed by atoms with Crippen molar-refractivity contribution in [2.24, 2.45) is 21.7 Å². The van der Waals surface area contributed by atoms with Crippen molar-refractivity contribution in [3.8, 4) is 0 Å². The molecule has 32 heavy (non-hydrogen) atoms. The molecule has 186 valence electrons. The van der Waals surface area contributed by atoms with Gasteiger partial charge in [0.2, 0.25) is 0 Å². The SMILES string of the molecule is CC(=O)C(C)(C)CCC(C)(C)C(=O)OCCOCCOC(=O)C(C)(C)CCC(C)(C)C=O. The fourth-order valence-electron chi connectivity index (χ4n) is 2.58. The van der Waals surface area contributed by atoms with E-state index in [4.69, 9.17) is 14.2 Å². The predicted molar refractivity (Wildman–Crippen MR) is 123 cm³/mol. The smallest absolute Gasteiger partial charge is 0.311 e. The zero-order valence-corrected chi connectivity index (χ0v) is 21.6. The van der Waals surface area contributed by atoms with Gasteiger partial charge in [-0.2, -0.15) is 0 Å². The summed E-state index contributed by atoms with van der Waals surface area (Å²) in [6.45, 7) is 16.9. The van der Waals surface area contributed by atoms with Crippen molar-refractivity contribution in [1.29, 1.82) is 0 Å². The first-order chi connectivity index (χ1) is 14.5. The Morgan fingerprint density at radius 3 is 1.38 bits per heavy atom. The quantitative estimate of drug-likeness (QED) is 0.191. The molecule has 0 aliphatic rings. The third-order valence-electron chi connectivity index (χ3n) is 6.07. The average molecular weight is 457 g/mol. The van der Waals surface area contributed by atoms with Crippen molar-refractivity contribution >= 4 is 24.0 Å². The Morgan fingerprint density at radius 2 is 1.00 bits per heavy atom. The number of carbonyl (C=O) groups is 4. The maximum absolute atomic E-state index is 12.3. The van der Waals surface area contributed by atoms with Gasteiger partial charge in [0.1, 0.15) is 25.3 Å². The van der Waals surface area contributed by atoms with E-state index in [1.807, 2.05) is 41.5 Å². The standard InChI is InChI=1S/C25H44O7/c1-19(27)23(4,5)12-13-25(8,9)21(29)32-17-15-30-14-16-31-20(28)24(6,7)11-10-22(2,3)18-26/h18H,10-17H2,1-9H3. The third kappa shape index (κ3) is 11.2. The van der Waals surface area contributed by atoms with Gasteiger partial charge in [0.05, 0.1) is 24.0 Å². The Hall–Kier alpha value is -1.76. The number of ketones is 1. The number of ether oxygens (including phenoxy) is 3. The molecule has 0 saturated heterocycles. The summed E-state index contributed by atoms with van der Waals surface area (Å²) in [6.07, 6.45) is 3.21. The van der Waals surface area contributed by atoms with Crippen molar-refractivity contribution in [2.75, 3.05) is 26.4 Å². The highest BCUT2D eigenvalue weighted by Crippen LogP contribution is 2.32. The molecule has 0 fully saturated rings. The van der Waals surface area contributed by atoms with Crippen molar-refractivity contribution < 1.29 is 33.4 Å². The number of Topliss-reactive ketones (excluding diaryl/α,β-unsaturated/α-hetero) is 1. The van der Waals surface area contributed by atoms with Crippen molar-refractivity contribution in [1.82, 2.24) is 0 Å². The van der Waals surface area contributed by atoms with Gasteiger partial charge in [-0.1, -0.05) is 27.7 Å². The third-order valence-corrected chi connectivity index (χ3v) is 6.07. The van der Waals surface area contributed by atoms with E-state index in [1.165, 1.54) is 0 Å². The van der Waals surface area contributed by atoms with Gasteiger partial charge in [0.25, 0.3) is 0 Å². The highest BCUT2D eigenvalue weighted by molar-refractivity contribution is 5.81. The molecule has 0 bridgehead atoms. The van der Waals surface area contributed by atoms with E-state index in [9.17, 15) is 19.2 Å². The highest BCUT2D eigenvalue weighted by atomic mass is 16.6. The van der Waals surface area contributed by atoms with Crippen LogP contribution in [0.1, 0.15) is 88.0 Å². The van der Waals surface area contributed by atoms with Gasteiger partial charge in [0.15, 0.2) is 0 Å². The van der Waals surface area contributed by atoms with Gasteiger partial charge in [-0.25, -0.2) is 0 Å². The van der Waals surface area contributed by atoms with Crippen molar-refractivity contribution in [3.05, 3.63) is 0 Å². The van der Waals surface area contributed by atoms with Crippen LogP contribution in [0.3, 0.4) is 0 Å². The summed E-state index contributed by atoms with van der Waals surface area (Å²) in [6, 6.07) is 0. The highest BCUT2D eigenvalue weighted by Gasteiger charge is 2.34. The Morgan fingerprint density at radius 1 is 0.625 bits per heavy atom. The van der Waals surface area contributed by atoms with E-state index in [-0.39, 0.29) is 44.1 Å². The summed E-state index contributed by atoms with van der Waals surface area (Å²) in [7, 11) is 0. The van der Waals surface area contributed by atoms with E-state index < -0.39 is 21.7 Å². The summed E-state index contributed by atoms with van der Waals surface area (Å²) in [5.74, 6) is -0.555. The number of hydrogen-bond acceptors (Lipinski definition) is 7. The molecule has 0 N–H and O–H groups in total. The van der Waals surface area contributed by atoms with Gasteiger partial charge >= 0.3 is 11.9 Å². The molecule has 0 rings (SSSR count). The molecule has 0 heterocycles. The minimum absolute atomic E-state index is 0.101.